The van der Waals surface area contributed by atoms with E-state index in [1.165, 1.54) is 6.08 Å². The summed E-state index contributed by atoms with van der Waals surface area (Å²) in [5.74, 6) is 1.35. The fourth-order valence-electron chi connectivity index (χ4n) is 2.53. The van der Waals surface area contributed by atoms with Crippen molar-refractivity contribution < 1.29 is 19.1 Å². The number of furan rings is 1. The van der Waals surface area contributed by atoms with Crippen LogP contribution in [-0.4, -0.2) is 28.0 Å². The van der Waals surface area contributed by atoms with Crippen molar-refractivity contribution in [3.05, 3.63) is 53.4 Å². The molecule has 0 amide bonds. The minimum Gasteiger partial charge on any atom is -0.505 e. The van der Waals surface area contributed by atoms with Gasteiger partial charge >= 0.3 is 0 Å². The van der Waals surface area contributed by atoms with Crippen LogP contribution in [0.2, 0.25) is 0 Å². The zero-order valence-electron chi connectivity index (χ0n) is 15.4. The molecular formula is C20H21N3O4. The lowest BCUT2D eigenvalue weighted by atomic mass is 10.2. The van der Waals surface area contributed by atoms with Gasteiger partial charge in [-0.2, -0.15) is 4.98 Å². The number of aliphatic hydroxyl groups excluding tert-OH is 1. The summed E-state index contributed by atoms with van der Waals surface area (Å²) in [4.78, 5) is 20.5. The van der Waals surface area contributed by atoms with Crippen molar-refractivity contribution in [1.29, 1.82) is 0 Å². The van der Waals surface area contributed by atoms with Gasteiger partial charge in [0.15, 0.2) is 11.6 Å². The van der Waals surface area contributed by atoms with Crippen LogP contribution in [0.25, 0.3) is 17.0 Å². The summed E-state index contributed by atoms with van der Waals surface area (Å²) in [6.45, 7) is 3.97. The second-order valence-corrected chi connectivity index (χ2v) is 6.02. The molecule has 7 nitrogen and oxygen atoms in total. The molecular weight excluding hydrogens is 346 g/mol. The molecule has 3 aromatic rings. The van der Waals surface area contributed by atoms with Gasteiger partial charge < -0.3 is 19.6 Å². The molecule has 0 saturated heterocycles. The summed E-state index contributed by atoms with van der Waals surface area (Å²) >= 11 is 0. The summed E-state index contributed by atoms with van der Waals surface area (Å²) in [5, 5.41) is 13.5. The first-order valence-corrected chi connectivity index (χ1v) is 8.59. The van der Waals surface area contributed by atoms with Crippen molar-refractivity contribution in [2.75, 3.05) is 12.4 Å². The van der Waals surface area contributed by atoms with Crippen LogP contribution in [0.1, 0.15) is 30.4 Å². The number of aryl methyl sites for hydroxylation is 1. The number of ketones is 1. The van der Waals surface area contributed by atoms with Crippen LogP contribution < -0.4 is 10.1 Å². The molecule has 0 aliphatic heterocycles. The zero-order chi connectivity index (χ0) is 19.4. The second-order valence-electron chi connectivity index (χ2n) is 6.02. The van der Waals surface area contributed by atoms with Crippen LogP contribution >= 0.6 is 0 Å². The molecule has 3 rings (SSSR count). The number of benzene rings is 1. The summed E-state index contributed by atoms with van der Waals surface area (Å²) in [5.41, 5.74) is 2.08. The van der Waals surface area contributed by atoms with Gasteiger partial charge in [0.05, 0.1) is 7.11 Å². The number of hydrogen-bond acceptors (Lipinski definition) is 7. The molecule has 0 radical (unpaired) electrons. The molecule has 0 aliphatic carbocycles. The van der Waals surface area contributed by atoms with Gasteiger partial charge in [-0.25, -0.2) is 4.98 Å². The molecule has 140 valence electrons. The number of ether oxygens (including phenoxy) is 1. The Morgan fingerprint density at radius 3 is 2.70 bits per heavy atom. The Kier molecular flexibility index (Phi) is 5.40. The van der Waals surface area contributed by atoms with Crippen LogP contribution in [-0.2, 0) is 11.3 Å². The third-order valence-electron chi connectivity index (χ3n) is 3.99. The third kappa shape index (κ3) is 4.25. The van der Waals surface area contributed by atoms with E-state index >= 15 is 0 Å². The smallest absolute Gasteiger partial charge is 0.247 e. The maximum Gasteiger partial charge on any atom is 0.247 e. The lowest BCUT2D eigenvalue weighted by molar-refractivity contribution is -0.114. The molecule has 2 aromatic heterocycles. The first kappa shape index (κ1) is 18.4. The van der Waals surface area contributed by atoms with E-state index in [9.17, 15) is 9.90 Å². The highest BCUT2D eigenvalue weighted by molar-refractivity contribution is 5.96. The molecule has 0 saturated carbocycles. The summed E-state index contributed by atoms with van der Waals surface area (Å²) in [6, 6.07) is 9.30. The summed E-state index contributed by atoms with van der Waals surface area (Å²) in [7, 11) is 1.61. The van der Waals surface area contributed by atoms with Crippen molar-refractivity contribution in [3.8, 4) is 5.75 Å². The molecule has 2 N–H and O–H groups in total. The van der Waals surface area contributed by atoms with Crippen LogP contribution in [0, 0.1) is 6.92 Å². The largest absolute Gasteiger partial charge is 0.505 e. The highest BCUT2D eigenvalue weighted by atomic mass is 16.5. The number of rotatable bonds is 7. The van der Waals surface area contributed by atoms with Crippen LogP contribution in [0.3, 0.4) is 0 Å². The van der Waals surface area contributed by atoms with Crippen molar-refractivity contribution in [2.24, 2.45) is 0 Å². The Morgan fingerprint density at radius 1 is 1.30 bits per heavy atom. The molecule has 0 fully saturated rings. The van der Waals surface area contributed by atoms with Gasteiger partial charge in [-0.15, -0.1) is 0 Å². The highest BCUT2D eigenvalue weighted by Gasteiger charge is 2.16. The number of anilines is 1. The number of nitrogens with zero attached hydrogens (tertiary/aromatic N) is 2. The van der Waals surface area contributed by atoms with Gasteiger partial charge in [0.25, 0.3) is 0 Å². The van der Waals surface area contributed by atoms with Gasteiger partial charge in [-0.05, 0) is 24.6 Å². The molecule has 0 unspecified atom stereocenters. The van der Waals surface area contributed by atoms with Gasteiger partial charge in [-0.1, -0.05) is 19.1 Å². The number of aliphatic hydroxyl groups is 1. The minimum absolute atomic E-state index is 0.195. The highest BCUT2D eigenvalue weighted by Crippen LogP contribution is 2.25. The molecule has 0 aliphatic rings. The lowest BCUT2D eigenvalue weighted by Crippen LogP contribution is -2.07. The Bertz CT molecular complexity index is 990. The maximum atomic E-state index is 11.7. The van der Waals surface area contributed by atoms with E-state index in [1.807, 2.05) is 24.3 Å². The van der Waals surface area contributed by atoms with Crippen molar-refractivity contribution in [2.45, 2.75) is 26.8 Å². The van der Waals surface area contributed by atoms with E-state index in [2.05, 4.69) is 15.3 Å². The average Bonchev–Trinajstić information content (AvgIpc) is 3.04. The first-order valence-electron chi connectivity index (χ1n) is 8.59. The molecule has 0 spiro atoms. The third-order valence-corrected chi connectivity index (χ3v) is 3.99. The predicted octanol–water partition coefficient (Wildman–Crippen LogP) is 4.03. The van der Waals surface area contributed by atoms with Crippen molar-refractivity contribution >= 4 is 28.6 Å². The quantitative estimate of drug-likeness (QED) is 0.480. The molecule has 27 heavy (non-hydrogen) atoms. The van der Waals surface area contributed by atoms with E-state index < -0.39 is 0 Å². The number of allylic oxidation sites excluding steroid dienone is 1. The average molecular weight is 367 g/mol. The van der Waals surface area contributed by atoms with Gasteiger partial charge in [-0.3, -0.25) is 4.79 Å². The Hall–Kier alpha value is -3.35. The zero-order valence-corrected chi connectivity index (χ0v) is 15.4. The number of carbonyl (C=O) groups excluding carboxylic acids is 1. The van der Waals surface area contributed by atoms with E-state index in [1.54, 1.807) is 27.0 Å². The van der Waals surface area contributed by atoms with E-state index in [0.717, 1.165) is 11.3 Å². The summed E-state index contributed by atoms with van der Waals surface area (Å²) in [6.07, 6.45) is 1.46. The number of carbonyl (C=O) groups is 1. The molecule has 0 atom stereocenters. The van der Waals surface area contributed by atoms with Gasteiger partial charge in [0, 0.05) is 25.1 Å². The van der Waals surface area contributed by atoms with Crippen molar-refractivity contribution in [3.63, 3.8) is 0 Å². The van der Waals surface area contributed by atoms with E-state index in [4.69, 9.17) is 9.15 Å². The fraction of sp³-hybridized carbons (Fsp3) is 0.250. The predicted molar refractivity (Wildman–Crippen MR) is 103 cm³/mol. The number of fused-ring (bicyclic) bond motifs is 1. The van der Waals surface area contributed by atoms with E-state index in [0.29, 0.717) is 35.8 Å². The SMILES string of the molecule is CCC(=O)/C=C(\O)c1nc2cc(C)oc2nc1NCc1ccc(OC)cc1. The van der Waals surface area contributed by atoms with Gasteiger partial charge in [0.2, 0.25) is 5.71 Å². The summed E-state index contributed by atoms with van der Waals surface area (Å²) < 4.78 is 10.7. The number of hydrogen-bond donors (Lipinski definition) is 2. The first-order chi connectivity index (χ1) is 13.0. The normalized spacial score (nSPS) is 11.6. The number of methoxy groups -OCH3 is 1. The standard InChI is InChI=1S/C20H21N3O4/c1-4-14(24)10-17(25)18-19(23-20-16(22-18)9-12(2)27-20)21-11-13-5-7-15(26-3)8-6-13/h5-10,25H,4,11H2,1-3H3,(H,21,23)/b17-10-. The van der Waals surface area contributed by atoms with Crippen LogP contribution in [0.5, 0.6) is 5.75 Å². The van der Waals surface area contributed by atoms with Crippen LogP contribution in [0.4, 0.5) is 5.82 Å². The molecule has 7 heteroatoms. The van der Waals surface area contributed by atoms with Crippen LogP contribution in [0.15, 0.2) is 40.8 Å². The Morgan fingerprint density at radius 2 is 2.04 bits per heavy atom. The number of nitrogens with one attached hydrogen (secondary N) is 1. The fourth-order valence-corrected chi connectivity index (χ4v) is 2.53. The number of aromatic nitrogens is 2. The molecule has 1 aromatic carbocycles. The Balaban J connectivity index is 1.94. The minimum atomic E-state index is -0.229. The Labute approximate surface area is 156 Å². The molecule has 0 bridgehead atoms. The molecule has 2 heterocycles. The van der Waals surface area contributed by atoms with E-state index in [-0.39, 0.29) is 17.2 Å². The van der Waals surface area contributed by atoms with Crippen molar-refractivity contribution in [1.82, 2.24) is 9.97 Å². The second kappa shape index (κ2) is 7.90. The topological polar surface area (TPSA) is 97.5 Å². The maximum absolute atomic E-state index is 11.7. The monoisotopic (exact) mass is 367 g/mol. The van der Waals surface area contributed by atoms with Gasteiger partial charge in [0.1, 0.15) is 28.5 Å². The lowest BCUT2D eigenvalue weighted by Gasteiger charge is -2.10.